The Morgan fingerprint density at radius 1 is 0.938 bits per heavy atom. The minimum atomic E-state index is -3.14. The van der Waals surface area contributed by atoms with Crippen molar-refractivity contribution >= 4 is 0 Å². The van der Waals surface area contributed by atoms with E-state index < -0.39 is 11.5 Å². The van der Waals surface area contributed by atoms with Crippen LogP contribution in [0.5, 0.6) is 5.75 Å². The Balaban J connectivity index is 2.07. The fraction of sp³-hybridized carbons (Fsp3) is 0.538. The summed E-state index contributed by atoms with van der Waals surface area (Å²) in [5.41, 5.74) is 1.17. The molecule has 0 heterocycles. The highest BCUT2D eigenvalue weighted by Crippen LogP contribution is 2.40. The molecule has 32 heavy (non-hydrogen) atoms. The molecule has 0 amide bonds. The normalized spacial score (nSPS) is 13.2. The molecule has 0 saturated carbocycles. The Morgan fingerprint density at radius 3 is 2.22 bits per heavy atom. The maximum atomic E-state index is 14.7. The number of alkyl halides is 2. The van der Waals surface area contributed by atoms with Crippen molar-refractivity contribution < 1.29 is 28.8 Å². The zero-order valence-corrected chi connectivity index (χ0v) is 19.3. The summed E-state index contributed by atoms with van der Waals surface area (Å²) in [6.45, 7) is 5.16. The average molecular weight is 451 g/mol. The van der Waals surface area contributed by atoms with Crippen LogP contribution < -0.4 is 4.74 Å². The monoisotopic (exact) mass is 450 g/mol. The van der Waals surface area contributed by atoms with Crippen molar-refractivity contribution in [1.29, 1.82) is 0 Å². The quantitative estimate of drug-likeness (QED) is 0.366. The van der Waals surface area contributed by atoms with Crippen LogP contribution in [0.4, 0.5) is 8.78 Å². The van der Waals surface area contributed by atoms with Gasteiger partial charge in [-0.3, -0.25) is 0 Å². The molecule has 0 fully saturated rings. The molecule has 0 aliphatic heterocycles. The number of aliphatic hydroxyl groups excluding tert-OH is 2. The third-order valence-corrected chi connectivity index (χ3v) is 6.50. The number of hydrogen-bond acceptors (Lipinski definition) is 4. The van der Waals surface area contributed by atoms with Gasteiger partial charge in [0.2, 0.25) is 0 Å². The minimum absolute atomic E-state index is 0.0217. The van der Waals surface area contributed by atoms with Crippen molar-refractivity contribution in [2.24, 2.45) is 0 Å². The number of halogens is 2. The van der Waals surface area contributed by atoms with Crippen LogP contribution >= 0.6 is 0 Å². The van der Waals surface area contributed by atoms with E-state index in [-0.39, 0.29) is 51.4 Å². The summed E-state index contributed by atoms with van der Waals surface area (Å²) in [5, 5.41) is 29.1. The highest BCUT2D eigenvalue weighted by atomic mass is 19.3. The summed E-state index contributed by atoms with van der Waals surface area (Å²) in [4.78, 5) is 0. The van der Waals surface area contributed by atoms with Crippen LogP contribution in [-0.4, -0.2) is 26.8 Å². The lowest BCUT2D eigenvalue weighted by atomic mass is 9.83. The van der Waals surface area contributed by atoms with Crippen molar-refractivity contribution in [2.45, 2.75) is 90.1 Å². The van der Waals surface area contributed by atoms with Crippen LogP contribution in [0.2, 0.25) is 0 Å². The molecule has 3 N–H and O–H groups in total. The maximum Gasteiger partial charge on any atom is 0.276 e. The van der Waals surface area contributed by atoms with Gasteiger partial charge in [0.05, 0.1) is 13.2 Å². The van der Waals surface area contributed by atoms with Crippen LogP contribution in [0.3, 0.4) is 0 Å². The highest BCUT2D eigenvalue weighted by Gasteiger charge is 2.49. The summed E-state index contributed by atoms with van der Waals surface area (Å²) in [6, 6.07) is 12.9. The van der Waals surface area contributed by atoms with Crippen LogP contribution in [0.15, 0.2) is 42.5 Å². The molecular formula is C26H36F2O4. The lowest BCUT2D eigenvalue weighted by molar-refractivity contribution is -0.188. The molecule has 0 saturated heterocycles. The molecule has 6 heteroatoms. The van der Waals surface area contributed by atoms with E-state index in [1.54, 1.807) is 26.0 Å². The van der Waals surface area contributed by atoms with Crippen molar-refractivity contribution in [3.8, 4) is 5.75 Å². The van der Waals surface area contributed by atoms with Crippen molar-refractivity contribution in [1.82, 2.24) is 0 Å². The third kappa shape index (κ3) is 6.27. The van der Waals surface area contributed by atoms with E-state index in [1.807, 2.05) is 37.3 Å². The van der Waals surface area contributed by atoms with E-state index in [1.165, 1.54) is 0 Å². The molecule has 0 aliphatic rings. The molecule has 2 aromatic rings. The molecular weight excluding hydrogens is 414 g/mol. The molecule has 0 aliphatic carbocycles. The van der Waals surface area contributed by atoms with Gasteiger partial charge in [-0.2, -0.15) is 0 Å². The zero-order chi connectivity index (χ0) is 23.8. The molecule has 0 bridgehead atoms. The Morgan fingerprint density at radius 2 is 1.62 bits per heavy atom. The van der Waals surface area contributed by atoms with Gasteiger partial charge in [-0.15, -0.1) is 0 Å². The molecule has 1 atom stereocenters. The van der Waals surface area contributed by atoms with Gasteiger partial charge in [0.1, 0.15) is 18.0 Å². The van der Waals surface area contributed by atoms with Gasteiger partial charge in [0, 0.05) is 6.42 Å². The van der Waals surface area contributed by atoms with Gasteiger partial charge in [0.15, 0.2) is 0 Å². The van der Waals surface area contributed by atoms with Gasteiger partial charge in [-0.1, -0.05) is 45.0 Å². The van der Waals surface area contributed by atoms with Gasteiger partial charge in [-0.05, 0) is 72.1 Å². The lowest BCUT2D eigenvalue weighted by Gasteiger charge is -2.35. The average Bonchev–Trinajstić information content (AvgIpc) is 2.82. The number of ether oxygens (including phenoxy) is 1. The first-order valence-corrected chi connectivity index (χ1v) is 11.4. The molecule has 4 nitrogen and oxygen atoms in total. The Bertz CT molecular complexity index is 849. The van der Waals surface area contributed by atoms with Gasteiger partial charge in [-0.25, -0.2) is 8.78 Å². The predicted molar refractivity (Wildman–Crippen MR) is 122 cm³/mol. The molecule has 2 rings (SSSR count). The van der Waals surface area contributed by atoms with Crippen LogP contribution in [0, 0.1) is 0 Å². The van der Waals surface area contributed by atoms with Crippen LogP contribution in [-0.2, 0) is 19.8 Å². The molecule has 2 aromatic carbocycles. The van der Waals surface area contributed by atoms with E-state index in [2.05, 4.69) is 0 Å². The Labute approximate surface area is 189 Å². The van der Waals surface area contributed by atoms with Crippen LogP contribution in [0.1, 0.15) is 81.0 Å². The topological polar surface area (TPSA) is 69.9 Å². The molecule has 1 unspecified atom stereocenters. The van der Waals surface area contributed by atoms with Crippen molar-refractivity contribution in [3.05, 3.63) is 64.7 Å². The van der Waals surface area contributed by atoms with Crippen molar-refractivity contribution in [2.75, 3.05) is 0 Å². The summed E-state index contributed by atoms with van der Waals surface area (Å²) < 4.78 is 35.3. The summed E-state index contributed by atoms with van der Waals surface area (Å²) in [5.74, 6) is -2.56. The van der Waals surface area contributed by atoms with Gasteiger partial charge >= 0.3 is 0 Å². The summed E-state index contributed by atoms with van der Waals surface area (Å²) in [7, 11) is 0. The van der Waals surface area contributed by atoms with Gasteiger partial charge in [0.25, 0.3) is 5.92 Å². The number of hydrogen-bond donors (Lipinski definition) is 3. The summed E-state index contributed by atoms with van der Waals surface area (Å²) in [6.07, 6.45) is 0.661. The summed E-state index contributed by atoms with van der Waals surface area (Å²) >= 11 is 0. The van der Waals surface area contributed by atoms with E-state index >= 15 is 0 Å². The van der Waals surface area contributed by atoms with E-state index in [9.17, 15) is 24.1 Å². The van der Waals surface area contributed by atoms with E-state index in [0.717, 1.165) is 11.1 Å². The largest absolute Gasteiger partial charge is 0.489 e. The molecule has 0 radical (unpaired) electrons. The minimum Gasteiger partial charge on any atom is -0.489 e. The number of benzene rings is 2. The SMILES string of the molecule is CCC(CCC(F)(F)C(O)(CC)CC)c1cccc(OCc2ccc(CO)c(CO)c2)c1. The molecule has 0 aromatic heterocycles. The maximum absolute atomic E-state index is 14.7. The first-order chi connectivity index (χ1) is 15.2. The van der Waals surface area contributed by atoms with E-state index in [0.29, 0.717) is 23.3 Å². The van der Waals surface area contributed by atoms with Gasteiger partial charge < -0.3 is 20.1 Å². The van der Waals surface area contributed by atoms with Crippen LogP contribution in [0.25, 0.3) is 0 Å². The number of aliphatic hydroxyl groups is 3. The second-order valence-corrected chi connectivity index (χ2v) is 8.37. The standard InChI is InChI=1S/C26H36F2O4/c1-4-20(12-13-26(27,28)25(31,5-2)6-3)21-8-7-9-24(15-21)32-18-19-10-11-22(16-29)23(14-19)17-30/h7-11,14-15,20,29-31H,4-6,12-13,16-18H2,1-3H3. The Kier molecular flexibility index (Phi) is 9.62. The fourth-order valence-electron chi connectivity index (χ4n) is 4.06. The third-order valence-electron chi connectivity index (χ3n) is 6.50. The first kappa shape index (κ1) is 26.2. The smallest absolute Gasteiger partial charge is 0.276 e. The zero-order valence-electron chi connectivity index (χ0n) is 19.3. The second-order valence-electron chi connectivity index (χ2n) is 8.37. The highest BCUT2D eigenvalue weighted by molar-refractivity contribution is 5.33. The predicted octanol–water partition coefficient (Wildman–Crippen LogP) is 5.71. The molecule has 0 spiro atoms. The lowest BCUT2D eigenvalue weighted by Crippen LogP contribution is -2.47. The number of rotatable bonds is 13. The molecule has 178 valence electrons. The first-order valence-electron chi connectivity index (χ1n) is 11.4. The second kappa shape index (κ2) is 11.7. The fourth-order valence-corrected chi connectivity index (χ4v) is 4.06. The Hall–Kier alpha value is -2.02. The van der Waals surface area contributed by atoms with Crippen molar-refractivity contribution in [3.63, 3.8) is 0 Å². The van der Waals surface area contributed by atoms with E-state index in [4.69, 9.17) is 4.74 Å².